The van der Waals surface area contributed by atoms with Gasteiger partial charge in [0, 0.05) is 11.4 Å². The van der Waals surface area contributed by atoms with Crippen molar-refractivity contribution in [1.82, 2.24) is 5.32 Å². The van der Waals surface area contributed by atoms with E-state index in [0.29, 0.717) is 6.04 Å². The highest BCUT2D eigenvalue weighted by Crippen LogP contribution is 2.22. The topological polar surface area (TPSA) is 21.3 Å². The zero-order valence-electron chi connectivity index (χ0n) is 7.36. The van der Waals surface area contributed by atoms with Crippen LogP contribution in [0.15, 0.2) is 29.2 Å². The minimum Gasteiger partial charge on any atom is -0.378 e. The van der Waals surface area contributed by atoms with Crippen LogP contribution in [-0.2, 0) is 4.74 Å². The fourth-order valence-corrected chi connectivity index (χ4v) is 1.86. The standard InChI is InChI=1S/C10H13NOS/c13-10-4-2-1-3-8(10)9-7-12-6-5-11-9/h1-4,9,11,13H,5-7H2. The summed E-state index contributed by atoms with van der Waals surface area (Å²) >= 11 is 4.41. The Kier molecular flexibility index (Phi) is 2.88. The smallest absolute Gasteiger partial charge is 0.0662 e. The predicted molar refractivity (Wildman–Crippen MR) is 55.3 cm³/mol. The first-order valence-electron chi connectivity index (χ1n) is 4.47. The second kappa shape index (κ2) is 4.13. The van der Waals surface area contributed by atoms with Crippen molar-refractivity contribution in [3.8, 4) is 0 Å². The normalized spacial score (nSPS) is 23.0. The molecular weight excluding hydrogens is 182 g/mol. The van der Waals surface area contributed by atoms with E-state index in [2.05, 4.69) is 24.0 Å². The van der Waals surface area contributed by atoms with Crippen LogP contribution in [0.5, 0.6) is 0 Å². The summed E-state index contributed by atoms with van der Waals surface area (Å²) in [4.78, 5) is 1.03. The quantitative estimate of drug-likeness (QED) is 0.665. The number of morpholine rings is 1. The van der Waals surface area contributed by atoms with Crippen molar-refractivity contribution in [2.45, 2.75) is 10.9 Å². The minimum atomic E-state index is 0.308. The Hall–Kier alpha value is -0.510. The van der Waals surface area contributed by atoms with Gasteiger partial charge in [-0.2, -0.15) is 0 Å². The number of benzene rings is 1. The molecule has 0 amide bonds. The Morgan fingerprint density at radius 3 is 2.92 bits per heavy atom. The van der Waals surface area contributed by atoms with Crippen molar-refractivity contribution < 1.29 is 4.74 Å². The average molecular weight is 195 g/mol. The predicted octanol–water partition coefficient (Wildman–Crippen LogP) is 1.64. The SMILES string of the molecule is Sc1ccccc1C1COCCN1. The lowest BCUT2D eigenvalue weighted by atomic mass is 10.1. The van der Waals surface area contributed by atoms with Crippen molar-refractivity contribution in [2.24, 2.45) is 0 Å². The number of hydrogen-bond donors (Lipinski definition) is 2. The van der Waals surface area contributed by atoms with E-state index in [1.54, 1.807) is 0 Å². The molecule has 0 bridgehead atoms. The molecule has 1 aliphatic heterocycles. The summed E-state index contributed by atoms with van der Waals surface area (Å²) in [5, 5.41) is 3.40. The maximum absolute atomic E-state index is 5.40. The molecule has 1 saturated heterocycles. The van der Waals surface area contributed by atoms with Gasteiger partial charge in [0.2, 0.25) is 0 Å². The molecule has 1 fully saturated rings. The fraction of sp³-hybridized carbons (Fsp3) is 0.400. The van der Waals surface area contributed by atoms with Crippen molar-refractivity contribution >= 4 is 12.6 Å². The van der Waals surface area contributed by atoms with Gasteiger partial charge in [0.05, 0.1) is 19.3 Å². The van der Waals surface area contributed by atoms with Gasteiger partial charge in [0.15, 0.2) is 0 Å². The van der Waals surface area contributed by atoms with E-state index in [0.717, 1.165) is 24.7 Å². The van der Waals surface area contributed by atoms with Crippen LogP contribution in [0.3, 0.4) is 0 Å². The number of nitrogens with one attached hydrogen (secondary N) is 1. The van der Waals surface area contributed by atoms with Crippen LogP contribution in [0.1, 0.15) is 11.6 Å². The van der Waals surface area contributed by atoms with E-state index in [1.807, 2.05) is 18.2 Å². The number of rotatable bonds is 1. The molecule has 0 radical (unpaired) electrons. The highest BCUT2D eigenvalue weighted by molar-refractivity contribution is 7.80. The Balaban J connectivity index is 2.18. The van der Waals surface area contributed by atoms with Gasteiger partial charge in [-0.1, -0.05) is 18.2 Å². The molecule has 1 unspecified atom stereocenters. The number of ether oxygens (including phenoxy) is 1. The van der Waals surface area contributed by atoms with Gasteiger partial charge in [-0.25, -0.2) is 0 Å². The van der Waals surface area contributed by atoms with Crippen LogP contribution >= 0.6 is 12.6 Å². The molecule has 1 heterocycles. The van der Waals surface area contributed by atoms with Crippen LogP contribution in [-0.4, -0.2) is 19.8 Å². The van der Waals surface area contributed by atoms with Gasteiger partial charge < -0.3 is 10.1 Å². The molecule has 1 aromatic rings. The van der Waals surface area contributed by atoms with Crippen LogP contribution < -0.4 is 5.32 Å². The highest BCUT2D eigenvalue weighted by atomic mass is 32.1. The van der Waals surface area contributed by atoms with Gasteiger partial charge >= 0.3 is 0 Å². The third kappa shape index (κ3) is 2.05. The highest BCUT2D eigenvalue weighted by Gasteiger charge is 2.16. The zero-order valence-corrected chi connectivity index (χ0v) is 8.26. The van der Waals surface area contributed by atoms with Crippen molar-refractivity contribution in [3.63, 3.8) is 0 Å². The lowest BCUT2D eigenvalue weighted by Gasteiger charge is -2.25. The lowest BCUT2D eigenvalue weighted by Crippen LogP contribution is -2.34. The van der Waals surface area contributed by atoms with E-state index >= 15 is 0 Å². The third-order valence-corrected chi connectivity index (χ3v) is 2.64. The number of thiol groups is 1. The fourth-order valence-electron chi connectivity index (χ4n) is 1.55. The molecule has 2 nitrogen and oxygen atoms in total. The number of hydrogen-bond acceptors (Lipinski definition) is 3. The summed E-state index contributed by atoms with van der Waals surface area (Å²) in [5.41, 5.74) is 1.23. The molecule has 1 aliphatic rings. The Morgan fingerprint density at radius 1 is 1.38 bits per heavy atom. The first-order chi connectivity index (χ1) is 6.38. The average Bonchev–Trinajstić information content (AvgIpc) is 2.20. The van der Waals surface area contributed by atoms with Gasteiger partial charge in [-0.15, -0.1) is 12.6 Å². The minimum absolute atomic E-state index is 0.308. The molecule has 1 aromatic carbocycles. The molecule has 1 N–H and O–H groups in total. The van der Waals surface area contributed by atoms with E-state index < -0.39 is 0 Å². The molecule has 70 valence electrons. The first kappa shape index (κ1) is 9.06. The molecule has 3 heteroatoms. The third-order valence-electron chi connectivity index (χ3n) is 2.23. The van der Waals surface area contributed by atoms with Gasteiger partial charge in [0.1, 0.15) is 0 Å². The molecule has 2 rings (SSSR count). The van der Waals surface area contributed by atoms with Crippen LogP contribution in [0.4, 0.5) is 0 Å². The molecule has 1 atom stereocenters. The van der Waals surface area contributed by atoms with Crippen LogP contribution in [0.25, 0.3) is 0 Å². The van der Waals surface area contributed by atoms with Crippen molar-refractivity contribution in [1.29, 1.82) is 0 Å². The van der Waals surface area contributed by atoms with Crippen LogP contribution in [0.2, 0.25) is 0 Å². The maximum Gasteiger partial charge on any atom is 0.0662 e. The van der Waals surface area contributed by atoms with Crippen molar-refractivity contribution in [3.05, 3.63) is 29.8 Å². The van der Waals surface area contributed by atoms with E-state index in [4.69, 9.17) is 4.74 Å². The first-order valence-corrected chi connectivity index (χ1v) is 4.91. The summed E-state index contributed by atoms with van der Waals surface area (Å²) in [6.07, 6.45) is 0. The summed E-state index contributed by atoms with van der Waals surface area (Å²) < 4.78 is 5.40. The zero-order chi connectivity index (χ0) is 9.10. The van der Waals surface area contributed by atoms with Gasteiger partial charge in [-0.05, 0) is 11.6 Å². The molecule has 0 spiro atoms. The summed E-state index contributed by atoms with van der Waals surface area (Å²) in [6, 6.07) is 8.44. The summed E-state index contributed by atoms with van der Waals surface area (Å²) in [6.45, 7) is 2.48. The Labute approximate surface area is 83.7 Å². The van der Waals surface area contributed by atoms with E-state index in [9.17, 15) is 0 Å². The van der Waals surface area contributed by atoms with E-state index in [-0.39, 0.29) is 0 Å². The second-order valence-electron chi connectivity index (χ2n) is 3.14. The molecule has 0 aromatic heterocycles. The summed E-state index contributed by atoms with van der Waals surface area (Å²) in [5.74, 6) is 0. The van der Waals surface area contributed by atoms with Crippen molar-refractivity contribution in [2.75, 3.05) is 19.8 Å². The Bertz CT molecular complexity index is 284. The monoisotopic (exact) mass is 195 g/mol. The summed E-state index contributed by atoms with van der Waals surface area (Å²) in [7, 11) is 0. The molecular formula is C10H13NOS. The second-order valence-corrected chi connectivity index (χ2v) is 3.62. The molecule has 13 heavy (non-hydrogen) atoms. The maximum atomic E-state index is 5.40. The molecule has 0 saturated carbocycles. The lowest BCUT2D eigenvalue weighted by molar-refractivity contribution is 0.0761. The largest absolute Gasteiger partial charge is 0.378 e. The van der Waals surface area contributed by atoms with Crippen LogP contribution in [0, 0.1) is 0 Å². The van der Waals surface area contributed by atoms with Gasteiger partial charge in [0.25, 0.3) is 0 Å². The molecule has 0 aliphatic carbocycles. The Morgan fingerprint density at radius 2 is 2.23 bits per heavy atom. The van der Waals surface area contributed by atoms with E-state index in [1.165, 1.54) is 5.56 Å². The van der Waals surface area contributed by atoms with Gasteiger partial charge in [-0.3, -0.25) is 0 Å².